The minimum atomic E-state index is -0.860. The van der Waals surface area contributed by atoms with Crippen LogP contribution in [0.1, 0.15) is 19.3 Å². The molecule has 2 atom stereocenters. The number of hydrogen-bond acceptors (Lipinski definition) is 3. The Morgan fingerprint density at radius 3 is 2.29 bits per heavy atom. The fourth-order valence-electron chi connectivity index (χ4n) is 2.64. The lowest BCUT2D eigenvalue weighted by Crippen LogP contribution is -2.46. The molecular formula is C11H17NO4S. The highest BCUT2D eigenvalue weighted by atomic mass is 32.2. The molecule has 1 saturated carbocycles. The Balaban J connectivity index is 1.99. The van der Waals surface area contributed by atoms with Gasteiger partial charge in [0.05, 0.1) is 11.8 Å². The number of carbonyl (C=O) groups excluding carboxylic acids is 1. The first-order chi connectivity index (χ1) is 8.09. The summed E-state index contributed by atoms with van der Waals surface area (Å²) >= 11 is 0. The van der Waals surface area contributed by atoms with E-state index in [0.29, 0.717) is 37.4 Å². The fourth-order valence-corrected chi connectivity index (χ4v) is 3.70. The maximum atomic E-state index is 12.2. The molecule has 0 aromatic rings. The van der Waals surface area contributed by atoms with E-state index in [1.165, 1.54) is 0 Å². The molecule has 0 radical (unpaired) electrons. The second-order valence-electron chi connectivity index (χ2n) is 4.66. The summed E-state index contributed by atoms with van der Waals surface area (Å²) in [6.07, 6.45) is 2.09. The Labute approximate surface area is 103 Å². The Hall–Kier alpha value is -0.910. The normalized spacial score (nSPS) is 30.5. The Kier molecular flexibility index (Phi) is 3.81. The van der Waals surface area contributed by atoms with Gasteiger partial charge in [0, 0.05) is 35.4 Å². The molecule has 2 aliphatic rings. The van der Waals surface area contributed by atoms with Crippen molar-refractivity contribution in [2.24, 2.45) is 11.8 Å². The molecule has 1 N–H and O–H groups in total. The second-order valence-corrected chi connectivity index (χ2v) is 6.35. The van der Waals surface area contributed by atoms with Crippen molar-refractivity contribution in [3.8, 4) is 0 Å². The summed E-state index contributed by atoms with van der Waals surface area (Å²) in [5.74, 6) is -0.742. The Bertz CT molecular complexity index is 347. The van der Waals surface area contributed by atoms with Crippen LogP contribution >= 0.6 is 0 Å². The molecule has 17 heavy (non-hydrogen) atoms. The maximum absolute atomic E-state index is 12.2. The first-order valence-corrected chi connectivity index (χ1v) is 7.45. The van der Waals surface area contributed by atoms with Crippen LogP contribution in [0, 0.1) is 11.8 Å². The highest BCUT2D eigenvalue weighted by Crippen LogP contribution is 2.33. The van der Waals surface area contributed by atoms with Crippen LogP contribution in [0.15, 0.2) is 0 Å². The summed E-state index contributed by atoms with van der Waals surface area (Å²) in [5, 5.41) is 9.05. The van der Waals surface area contributed by atoms with E-state index in [9.17, 15) is 13.8 Å². The summed E-state index contributed by atoms with van der Waals surface area (Å²) in [7, 11) is -0.807. The number of nitrogens with zero attached hydrogens (tertiary/aromatic N) is 1. The molecule has 2 unspecified atom stereocenters. The van der Waals surface area contributed by atoms with Crippen molar-refractivity contribution in [1.82, 2.24) is 4.90 Å². The van der Waals surface area contributed by atoms with Crippen molar-refractivity contribution < 1.29 is 18.9 Å². The minimum Gasteiger partial charge on any atom is -0.481 e. The molecule has 0 bridgehead atoms. The molecule has 1 heterocycles. The SMILES string of the molecule is O=C(O)C1CCCC1C(=O)N1CCS(=O)CC1. The molecule has 1 saturated heterocycles. The number of amides is 1. The van der Waals surface area contributed by atoms with E-state index in [4.69, 9.17) is 5.11 Å². The molecule has 0 spiro atoms. The molecule has 0 aromatic carbocycles. The average Bonchev–Trinajstić information content (AvgIpc) is 2.78. The number of hydrogen-bond donors (Lipinski definition) is 1. The second kappa shape index (κ2) is 5.16. The topological polar surface area (TPSA) is 74.7 Å². The van der Waals surface area contributed by atoms with E-state index in [0.717, 1.165) is 6.42 Å². The van der Waals surface area contributed by atoms with E-state index in [1.54, 1.807) is 4.90 Å². The van der Waals surface area contributed by atoms with Gasteiger partial charge in [-0.05, 0) is 12.8 Å². The molecule has 1 amide bonds. The van der Waals surface area contributed by atoms with Gasteiger partial charge < -0.3 is 10.0 Å². The van der Waals surface area contributed by atoms with Gasteiger partial charge in [-0.15, -0.1) is 0 Å². The lowest BCUT2D eigenvalue weighted by Gasteiger charge is -2.30. The van der Waals surface area contributed by atoms with Crippen LogP contribution in [-0.2, 0) is 20.4 Å². The molecule has 1 aliphatic carbocycles. The third-order valence-electron chi connectivity index (χ3n) is 3.64. The van der Waals surface area contributed by atoms with Crippen molar-refractivity contribution in [2.45, 2.75) is 19.3 Å². The summed E-state index contributed by atoms with van der Waals surface area (Å²) in [5.41, 5.74) is 0. The molecule has 0 aromatic heterocycles. The first-order valence-electron chi connectivity index (χ1n) is 5.96. The van der Waals surface area contributed by atoms with E-state index >= 15 is 0 Å². The van der Waals surface area contributed by atoms with E-state index in [2.05, 4.69) is 0 Å². The first kappa shape index (κ1) is 12.5. The van der Waals surface area contributed by atoms with Crippen LogP contribution in [0.4, 0.5) is 0 Å². The zero-order valence-electron chi connectivity index (χ0n) is 9.63. The number of rotatable bonds is 2. The molecule has 6 heteroatoms. The predicted molar refractivity (Wildman–Crippen MR) is 62.9 cm³/mol. The quantitative estimate of drug-likeness (QED) is 0.762. The minimum absolute atomic E-state index is 0.0494. The van der Waals surface area contributed by atoms with Crippen LogP contribution < -0.4 is 0 Å². The zero-order chi connectivity index (χ0) is 12.4. The third kappa shape index (κ3) is 2.68. The van der Waals surface area contributed by atoms with Gasteiger partial charge in [-0.25, -0.2) is 0 Å². The molecular weight excluding hydrogens is 242 g/mol. The summed E-state index contributed by atoms with van der Waals surface area (Å²) in [6, 6.07) is 0. The number of carboxylic acids is 1. The number of carboxylic acid groups (broad SMARTS) is 1. The van der Waals surface area contributed by atoms with Gasteiger partial charge >= 0.3 is 5.97 Å². The van der Waals surface area contributed by atoms with Crippen LogP contribution in [0.25, 0.3) is 0 Å². The van der Waals surface area contributed by atoms with E-state index < -0.39 is 22.7 Å². The Morgan fingerprint density at radius 2 is 1.71 bits per heavy atom. The van der Waals surface area contributed by atoms with Gasteiger partial charge in [-0.3, -0.25) is 13.8 Å². The zero-order valence-corrected chi connectivity index (χ0v) is 10.4. The smallest absolute Gasteiger partial charge is 0.307 e. The average molecular weight is 259 g/mol. The summed E-state index contributed by atoms with van der Waals surface area (Å²) in [6.45, 7) is 1.02. The maximum Gasteiger partial charge on any atom is 0.307 e. The van der Waals surface area contributed by atoms with Gasteiger partial charge in [-0.1, -0.05) is 6.42 Å². The van der Waals surface area contributed by atoms with Crippen molar-refractivity contribution in [2.75, 3.05) is 24.6 Å². The highest BCUT2D eigenvalue weighted by Gasteiger charge is 2.40. The van der Waals surface area contributed by atoms with Crippen LogP contribution in [0.5, 0.6) is 0 Å². The van der Waals surface area contributed by atoms with Crippen molar-refractivity contribution in [3.63, 3.8) is 0 Å². The van der Waals surface area contributed by atoms with Gasteiger partial charge in [0.1, 0.15) is 0 Å². The fraction of sp³-hybridized carbons (Fsp3) is 0.818. The van der Waals surface area contributed by atoms with Crippen molar-refractivity contribution >= 4 is 22.7 Å². The molecule has 96 valence electrons. The summed E-state index contributed by atoms with van der Waals surface area (Å²) < 4.78 is 11.2. The van der Waals surface area contributed by atoms with Crippen LogP contribution in [0.2, 0.25) is 0 Å². The van der Waals surface area contributed by atoms with Crippen molar-refractivity contribution in [1.29, 1.82) is 0 Å². The van der Waals surface area contributed by atoms with Gasteiger partial charge in [0.15, 0.2) is 0 Å². The van der Waals surface area contributed by atoms with Crippen LogP contribution in [0.3, 0.4) is 0 Å². The van der Waals surface area contributed by atoms with Gasteiger partial charge in [0.25, 0.3) is 0 Å². The molecule has 2 rings (SSSR count). The van der Waals surface area contributed by atoms with Gasteiger partial charge in [-0.2, -0.15) is 0 Å². The lowest BCUT2D eigenvalue weighted by atomic mass is 9.95. The van der Waals surface area contributed by atoms with Gasteiger partial charge in [0.2, 0.25) is 5.91 Å². The lowest BCUT2D eigenvalue weighted by molar-refractivity contribution is -0.149. The standard InChI is InChI=1S/C11H17NO4S/c13-10(12-4-6-17(16)7-5-12)8-2-1-3-9(8)11(14)15/h8-9H,1-7H2,(H,14,15). The third-order valence-corrected chi connectivity index (χ3v) is 4.92. The molecule has 2 fully saturated rings. The van der Waals surface area contributed by atoms with E-state index in [-0.39, 0.29) is 11.8 Å². The summed E-state index contributed by atoms with van der Waals surface area (Å²) in [4.78, 5) is 24.9. The monoisotopic (exact) mass is 259 g/mol. The Morgan fingerprint density at radius 1 is 1.12 bits per heavy atom. The highest BCUT2D eigenvalue weighted by molar-refractivity contribution is 7.85. The van der Waals surface area contributed by atoms with Crippen molar-refractivity contribution in [3.05, 3.63) is 0 Å². The molecule has 1 aliphatic heterocycles. The van der Waals surface area contributed by atoms with Crippen LogP contribution in [-0.4, -0.2) is 50.7 Å². The number of aliphatic carboxylic acids is 1. The largest absolute Gasteiger partial charge is 0.481 e. The van der Waals surface area contributed by atoms with E-state index in [1.807, 2.05) is 0 Å². The predicted octanol–water partition coefficient (Wildman–Crippen LogP) is 0.0782. The number of carbonyl (C=O) groups is 2. The molecule has 5 nitrogen and oxygen atoms in total.